The molecule has 0 saturated heterocycles. The standard InChI is InChI=1S/C15H23FN2O2/c1-11(2)10-13(17)15(19)18(3)8-9-20-14-7-5-4-6-12(14)16/h4-7,11,13H,8-10,17H2,1-3H3. The van der Waals surface area contributed by atoms with Crippen molar-refractivity contribution in [3.05, 3.63) is 30.1 Å². The monoisotopic (exact) mass is 282 g/mol. The lowest BCUT2D eigenvalue weighted by molar-refractivity contribution is -0.132. The Bertz CT molecular complexity index is 438. The molecule has 20 heavy (non-hydrogen) atoms. The number of rotatable bonds is 7. The molecule has 0 spiro atoms. The normalized spacial score (nSPS) is 12.3. The van der Waals surface area contributed by atoms with Crippen molar-refractivity contribution in [1.82, 2.24) is 4.90 Å². The Morgan fingerprint density at radius 2 is 2.05 bits per heavy atom. The highest BCUT2D eigenvalue weighted by atomic mass is 19.1. The third kappa shape index (κ3) is 5.17. The highest BCUT2D eigenvalue weighted by Gasteiger charge is 2.18. The topological polar surface area (TPSA) is 55.6 Å². The molecular weight excluding hydrogens is 259 g/mol. The van der Waals surface area contributed by atoms with E-state index in [4.69, 9.17) is 10.5 Å². The van der Waals surface area contributed by atoms with Gasteiger partial charge >= 0.3 is 0 Å². The third-order valence-corrected chi connectivity index (χ3v) is 2.94. The second kappa shape index (κ2) is 7.85. The molecule has 1 rings (SSSR count). The highest BCUT2D eigenvalue weighted by Crippen LogP contribution is 2.15. The molecule has 0 bridgehead atoms. The van der Waals surface area contributed by atoms with Crippen LogP contribution in [-0.2, 0) is 4.79 Å². The van der Waals surface area contributed by atoms with E-state index in [0.717, 1.165) is 0 Å². The number of nitrogens with two attached hydrogens (primary N) is 1. The first-order chi connectivity index (χ1) is 9.41. The van der Waals surface area contributed by atoms with Gasteiger partial charge < -0.3 is 15.4 Å². The highest BCUT2D eigenvalue weighted by molar-refractivity contribution is 5.81. The van der Waals surface area contributed by atoms with E-state index in [9.17, 15) is 9.18 Å². The molecule has 0 heterocycles. The number of likely N-dealkylation sites (N-methyl/N-ethyl adjacent to an activating group) is 1. The number of carbonyl (C=O) groups excluding carboxylic acids is 1. The first kappa shape index (κ1) is 16.4. The van der Waals surface area contributed by atoms with Gasteiger partial charge in [0.05, 0.1) is 12.6 Å². The molecule has 0 aliphatic carbocycles. The van der Waals surface area contributed by atoms with Crippen LogP contribution in [0.4, 0.5) is 4.39 Å². The van der Waals surface area contributed by atoms with Gasteiger partial charge in [-0.05, 0) is 24.5 Å². The summed E-state index contributed by atoms with van der Waals surface area (Å²) in [6.45, 7) is 4.65. The number of hydrogen-bond acceptors (Lipinski definition) is 3. The Morgan fingerprint density at radius 1 is 1.40 bits per heavy atom. The van der Waals surface area contributed by atoms with Gasteiger partial charge in [-0.1, -0.05) is 26.0 Å². The van der Waals surface area contributed by atoms with Gasteiger partial charge in [-0.3, -0.25) is 4.79 Å². The SMILES string of the molecule is CC(C)CC(N)C(=O)N(C)CCOc1ccccc1F. The number of para-hydroxylation sites is 1. The van der Waals surface area contributed by atoms with Gasteiger partial charge in [0.25, 0.3) is 0 Å². The summed E-state index contributed by atoms with van der Waals surface area (Å²) in [5, 5.41) is 0. The van der Waals surface area contributed by atoms with Gasteiger partial charge in [0.2, 0.25) is 5.91 Å². The number of hydrogen-bond donors (Lipinski definition) is 1. The molecule has 0 saturated carbocycles. The van der Waals surface area contributed by atoms with E-state index in [1.54, 1.807) is 25.2 Å². The van der Waals surface area contributed by atoms with E-state index >= 15 is 0 Å². The van der Waals surface area contributed by atoms with E-state index in [-0.39, 0.29) is 18.3 Å². The van der Waals surface area contributed by atoms with Gasteiger partial charge in [0.15, 0.2) is 11.6 Å². The van der Waals surface area contributed by atoms with Gasteiger partial charge in [0, 0.05) is 7.05 Å². The van der Waals surface area contributed by atoms with Crippen molar-refractivity contribution < 1.29 is 13.9 Å². The van der Waals surface area contributed by atoms with Crippen molar-refractivity contribution in [2.45, 2.75) is 26.3 Å². The number of benzene rings is 1. The predicted molar refractivity (Wildman–Crippen MR) is 77.0 cm³/mol. The van der Waals surface area contributed by atoms with Crippen molar-refractivity contribution >= 4 is 5.91 Å². The molecule has 0 aliphatic heterocycles. The number of halogens is 1. The van der Waals surface area contributed by atoms with Crippen LogP contribution in [0.2, 0.25) is 0 Å². The molecular formula is C15H23FN2O2. The van der Waals surface area contributed by atoms with Gasteiger partial charge in [-0.2, -0.15) is 0 Å². The van der Waals surface area contributed by atoms with Crippen molar-refractivity contribution in [3.8, 4) is 5.75 Å². The van der Waals surface area contributed by atoms with Crippen molar-refractivity contribution in [1.29, 1.82) is 0 Å². The summed E-state index contributed by atoms with van der Waals surface area (Å²) >= 11 is 0. The minimum absolute atomic E-state index is 0.115. The fraction of sp³-hybridized carbons (Fsp3) is 0.533. The summed E-state index contributed by atoms with van der Waals surface area (Å²) < 4.78 is 18.6. The summed E-state index contributed by atoms with van der Waals surface area (Å²) in [6, 6.07) is 5.70. The van der Waals surface area contributed by atoms with Gasteiger partial charge in [-0.25, -0.2) is 4.39 Å². The molecule has 1 aromatic rings. The van der Waals surface area contributed by atoms with Crippen LogP contribution in [0.15, 0.2) is 24.3 Å². The molecule has 5 heteroatoms. The molecule has 0 aromatic heterocycles. The Kier molecular flexibility index (Phi) is 6.45. The van der Waals surface area contributed by atoms with E-state index in [0.29, 0.717) is 18.9 Å². The van der Waals surface area contributed by atoms with Crippen LogP contribution in [-0.4, -0.2) is 37.0 Å². The zero-order chi connectivity index (χ0) is 15.1. The maximum atomic E-state index is 13.3. The van der Waals surface area contributed by atoms with Crippen LogP contribution in [0.3, 0.4) is 0 Å². The van der Waals surface area contributed by atoms with Crippen molar-refractivity contribution in [2.75, 3.05) is 20.2 Å². The van der Waals surface area contributed by atoms with Gasteiger partial charge in [0.1, 0.15) is 6.61 Å². The molecule has 0 fully saturated rings. The summed E-state index contributed by atoms with van der Waals surface area (Å²) in [5.74, 6) is 0.0469. The lowest BCUT2D eigenvalue weighted by atomic mass is 10.0. The average molecular weight is 282 g/mol. The lowest BCUT2D eigenvalue weighted by Gasteiger charge is -2.22. The summed E-state index contributed by atoms with van der Waals surface area (Å²) in [7, 11) is 1.67. The zero-order valence-electron chi connectivity index (χ0n) is 12.3. The summed E-state index contributed by atoms with van der Waals surface area (Å²) in [4.78, 5) is 13.5. The minimum atomic E-state index is -0.492. The Hall–Kier alpha value is -1.62. The van der Waals surface area contributed by atoms with Crippen molar-refractivity contribution in [3.63, 3.8) is 0 Å². The Balaban J connectivity index is 2.38. The molecule has 0 radical (unpaired) electrons. The van der Waals surface area contributed by atoms with Crippen LogP contribution in [0.1, 0.15) is 20.3 Å². The fourth-order valence-corrected chi connectivity index (χ4v) is 1.86. The van der Waals surface area contributed by atoms with E-state index in [1.165, 1.54) is 11.0 Å². The van der Waals surface area contributed by atoms with Crippen LogP contribution in [0, 0.1) is 11.7 Å². The number of nitrogens with zero attached hydrogens (tertiary/aromatic N) is 1. The maximum absolute atomic E-state index is 13.3. The quantitative estimate of drug-likeness (QED) is 0.832. The summed E-state index contributed by atoms with van der Waals surface area (Å²) in [5.41, 5.74) is 5.83. The second-order valence-corrected chi connectivity index (χ2v) is 5.27. The molecule has 1 amide bonds. The number of carbonyl (C=O) groups is 1. The predicted octanol–water partition coefficient (Wildman–Crippen LogP) is 2.04. The largest absolute Gasteiger partial charge is 0.489 e. The Morgan fingerprint density at radius 3 is 2.65 bits per heavy atom. The third-order valence-electron chi connectivity index (χ3n) is 2.94. The molecule has 4 nitrogen and oxygen atoms in total. The lowest BCUT2D eigenvalue weighted by Crippen LogP contribution is -2.43. The zero-order valence-corrected chi connectivity index (χ0v) is 12.3. The maximum Gasteiger partial charge on any atom is 0.239 e. The number of ether oxygens (including phenoxy) is 1. The summed E-state index contributed by atoms with van der Waals surface area (Å²) in [6.07, 6.45) is 0.650. The van der Waals surface area contributed by atoms with Crippen LogP contribution in [0.25, 0.3) is 0 Å². The van der Waals surface area contributed by atoms with E-state index < -0.39 is 11.9 Å². The molecule has 1 unspecified atom stereocenters. The Labute approximate surface area is 119 Å². The fourth-order valence-electron chi connectivity index (χ4n) is 1.86. The minimum Gasteiger partial charge on any atom is -0.489 e. The second-order valence-electron chi connectivity index (χ2n) is 5.27. The molecule has 2 N–H and O–H groups in total. The molecule has 112 valence electrons. The van der Waals surface area contributed by atoms with Crippen molar-refractivity contribution in [2.24, 2.45) is 11.7 Å². The van der Waals surface area contributed by atoms with Crippen LogP contribution < -0.4 is 10.5 Å². The molecule has 1 atom stereocenters. The number of amides is 1. The first-order valence-corrected chi connectivity index (χ1v) is 6.79. The average Bonchev–Trinajstić information content (AvgIpc) is 2.39. The molecule has 0 aliphatic rings. The van der Waals surface area contributed by atoms with E-state index in [1.807, 2.05) is 13.8 Å². The first-order valence-electron chi connectivity index (χ1n) is 6.79. The van der Waals surface area contributed by atoms with E-state index in [2.05, 4.69) is 0 Å². The van der Waals surface area contributed by atoms with Crippen LogP contribution in [0.5, 0.6) is 5.75 Å². The smallest absolute Gasteiger partial charge is 0.239 e. The molecule has 1 aromatic carbocycles. The van der Waals surface area contributed by atoms with Gasteiger partial charge in [-0.15, -0.1) is 0 Å². The van der Waals surface area contributed by atoms with Crippen LogP contribution >= 0.6 is 0 Å².